The topological polar surface area (TPSA) is 53.7 Å². The van der Waals surface area contributed by atoms with E-state index in [2.05, 4.69) is 0 Å². The first-order chi connectivity index (χ1) is 8.99. The third-order valence-corrected chi connectivity index (χ3v) is 3.18. The normalized spacial score (nSPS) is 10.5. The predicted molar refractivity (Wildman–Crippen MR) is 72.1 cm³/mol. The molecule has 1 aromatic carbocycles. The first-order valence-electron chi connectivity index (χ1n) is 6.07. The van der Waals surface area contributed by atoms with Gasteiger partial charge in [0.25, 0.3) is 5.91 Å². The maximum atomic E-state index is 12.2. The molecule has 0 saturated heterocycles. The van der Waals surface area contributed by atoms with Crippen LogP contribution in [0, 0.1) is 13.8 Å². The van der Waals surface area contributed by atoms with Crippen molar-refractivity contribution in [3.63, 3.8) is 0 Å². The predicted octanol–water partition coefficient (Wildman–Crippen LogP) is 2.87. The molecule has 0 aliphatic rings. The van der Waals surface area contributed by atoms with Gasteiger partial charge in [-0.2, -0.15) is 0 Å². The van der Waals surface area contributed by atoms with Crippen molar-refractivity contribution in [3.8, 4) is 5.75 Å². The summed E-state index contributed by atoms with van der Waals surface area (Å²) >= 11 is 0. The Morgan fingerprint density at radius 1 is 1.32 bits per heavy atom. The Hall–Kier alpha value is -2.23. The lowest BCUT2D eigenvalue weighted by molar-refractivity contribution is 0.0784. The average molecular weight is 259 g/mol. The summed E-state index contributed by atoms with van der Waals surface area (Å²) in [5, 5.41) is 9.65. The molecule has 2 aromatic rings. The Morgan fingerprint density at radius 3 is 2.63 bits per heavy atom. The fourth-order valence-electron chi connectivity index (χ4n) is 1.87. The van der Waals surface area contributed by atoms with Gasteiger partial charge in [-0.15, -0.1) is 0 Å². The molecule has 0 aliphatic heterocycles. The molecule has 1 amide bonds. The molecule has 1 N–H and O–H groups in total. The highest BCUT2D eigenvalue weighted by molar-refractivity contribution is 5.94. The quantitative estimate of drug-likeness (QED) is 0.922. The molecular weight excluding hydrogens is 242 g/mol. The zero-order chi connectivity index (χ0) is 14.0. The van der Waals surface area contributed by atoms with Crippen LogP contribution in [0.15, 0.2) is 34.9 Å². The Balaban J connectivity index is 2.15. The lowest BCUT2D eigenvalue weighted by atomic mass is 10.1. The van der Waals surface area contributed by atoms with E-state index in [4.69, 9.17) is 4.42 Å². The smallest absolute Gasteiger partial charge is 0.254 e. The second-order valence-corrected chi connectivity index (χ2v) is 4.66. The van der Waals surface area contributed by atoms with E-state index in [1.165, 1.54) is 6.07 Å². The number of aryl methyl sites for hydroxylation is 2. The molecule has 100 valence electrons. The molecular formula is C15H17NO3. The van der Waals surface area contributed by atoms with Crippen LogP contribution in [-0.2, 0) is 6.54 Å². The number of benzene rings is 1. The van der Waals surface area contributed by atoms with E-state index in [0.29, 0.717) is 12.1 Å². The lowest BCUT2D eigenvalue weighted by Gasteiger charge is -2.17. The van der Waals surface area contributed by atoms with E-state index in [1.54, 1.807) is 37.3 Å². The maximum absolute atomic E-state index is 12.2. The standard InChI is InChI=1S/C15H17NO3/c1-10-4-5-12(8-14(10)17)15(18)16(3)9-13-6-7-19-11(13)2/h4-8,17H,9H2,1-3H3. The van der Waals surface area contributed by atoms with Crippen molar-refractivity contribution in [2.45, 2.75) is 20.4 Å². The average Bonchev–Trinajstić information content (AvgIpc) is 2.77. The van der Waals surface area contributed by atoms with Crippen LogP contribution >= 0.6 is 0 Å². The summed E-state index contributed by atoms with van der Waals surface area (Å²) in [7, 11) is 1.73. The van der Waals surface area contributed by atoms with Crippen molar-refractivity contribution in [1.82, 2.24) is 4.90 Å². The highest BCUT2D eigenvalue weighted by Gasteiger charge is 2.14. The minimum Gasteiger partial charge on any atom is -0.508 e. The number of amides is 1. The summed E-state index contributed by atoms with van der Waals surface area (Å²) < 4.78 is 5.21. The van der Waals surface area contributed by atoms with Gasteiger partial charge in [0.15, 0.2) is 0 Å². The van der Waals surface area contributed by atoms with Gasteiger partial charge in [-0.25, -0.2) is 0 Å². The largest absolute Gasteiger partial charge is 0.508 e. The number of rotatable bonds is 3. The summed E-state index contributed by atoms with van der Waals surface area (Å²) in [5.41, 5.74) is 2.21. The molecule has 0 bridgehead atoms. The van der Waals surface area contributed by atoms with Gasteiger partial charge >= 0.3 is 0 Å². The van der Waals surface area contributed by atoms with E-state index in [1.807, 2.05) is 13.0 Å². The Kier molecular flexibility index (Phi) is 3.60. The van der Waals surface area contributed by atoms with Gasteiger partial charge in [0.05, 0.1) is 6.26 Å². The number of phenolic OH excluding ortho intramolecular Hbond substituents is 1. The highest BCUT2D eigenvalue weighted by atomic mass is 16.3. The summed E-state index contributed by atoms with van der Waals surface area (Å²) in [5.74, 6) is 0.820. The van der Waals surface area contributed by atoms with Crippen molar-refractivity contribution in [2.75, 3.05) is 7.05 Å². The molecule has 0 aliphatic carbocycles. The third kappa shape index (κ3) is 2.78. The number of furan rings is 1. The first kappa shape index (κ1) is 13.2. The van der Waals surface area contributed by atoms with Crippen LogP contribution in [0.25, 0.3) is 0 Å². The molecule has 0 saturated carbocycles. The Bertz CT molecular complexity index is 601. The van der Waals surface area contributed by atoms with E-state index >= 15 is 0 Å². The van der Waals surface area contributed by atoms with Gasteiger partial charge in [0, 0.05) is 24.7 Å². The first-order valence-corrected chi connectivity index (χ1v) is 6.07. The molecule has 1 heterocycles. The summed E-state index contributed by atoms with van der Waals surface area (Å²) in [4.78, 5) is 13.8. The van der Waals surface area contributed by atoms with Gasteiger partial charge in [-0.1, -0.05) is 6.07 Å². The fraction of sp³-hybridized carbons (Fsp3) is 0.267. The number of hydrogen-bond donors (Lipinski definition) is 1. The van der Waals surface area contributed by atoms with Gasteiger partial charge < -0.3 is 14.4 Å². The van der Waals surface area contributed by atoms with Gasteiger partial charge in [0.2, 0.25) is 0 Å². The molecule has 4 heteroatoms. The Morgan fingerprint density at radius 2 is 2.05 bits per heavy atom. The molecule has 0 unspecified atom stereocenters. The monoisotopic (exact) mass is 259 g/mol. The van der Waals surface area contributed by atoms with E-state index in [-0.39, 0.29) is 11.7 Å². The summed E-state index contributed by atoms with van der Waals surface area (Å²) in [6, 6.07) is 6.80. The highest BCUT2D eigenvalue weighted by Crippen LogP contribution is 2.19. The van der Waals surface area contributed by atoms with Crippen molar-refractivity contribution >= 4 is 5.91 Å². The number of phenols is 1. The summed E-state index contributed by atoms with van der Waals surface area (Å²) in [6.07, 6.45) is 1.61. The molecule has 4 nitrogen and oxygen atoms in total. The molecule has 0 spiro atoms. The van der Waals surface area contributed by atoms with E-state index in [9.17, 15) is 9.90 Å². The van der Waals surface area contributed by atoms with Gasteiger partial charge in [0.1, 0.15) is 11.5 Å². The third-order valence-electron chi connectivity index (χ3n) is 3.18. The number of aromatic hydroxyl groups is 1. The SMILES string of the molecule is Cc1ccc(C(=O)N(C)Cc2ccoc2C)cc1O. The zero-order valence-electron chi connectivity index (χ0n) is 11.3. The molecule has 1 aromatic heterocycles. The van der Waals surface area contributed by atoms with Crippen LogP contribution in [0.3, 0.4) is 0 Å². The minimum absolute atomic E-state index is 0.129. The number of hydrogen-bond acceptors (Lipinski definition) is 3. The van der Waals surface area contributed by atoms with Crippen LogP contribution in [0.2, 0.25) is 0 Å². The second kappa shape index (κ2) is 5.18. The van der Waals surface area contributed by atoms with E-state index in [0.717, 1.165) is 16.9 Å². The lowest BCUT2D eigenvalue weighted by Crippen LogP contribution is -2.26. The van der Waals surface area contributed by atoms with Crippen molar-refractivity contribution in [1.29, 1.82) is 0 Å². The molecule has 0 fully saturated rings. The van der Waals surface area contributed by atoms with Crippen molar-refractivity contribution in [2.24, 2.45) is 0 Å². The Labute approximate surface area is 112 Å². The van der Waals surface area contributed by atoms with Crippen LogP contribution in [0.5, 0.6) is 5.75 Å². The van der Waals surface area contributed by atoms with Crippen LogP contribution < -0.4 is 0 Å². The fourth-order valence-corrected chi connectivity index (χ4v) is 1.87. The molecule has 2 rings (SSSR count). The zero-order valence-corrected chi connectivity index (χ0v) is 11.3. The van der Waals surface area contributed by atoms with Gasteiger partial charge in [-0.3, -0.25) is 4.79 Å². The number of carbonyl (C=O) groups is 1. The van der Waals surface area contributed by atoms with Crippen LogP contribution in [-0.4, -0.2) is 23.0 Å². The van der Waals surface area contributed by atoms with Crippen molar-refractivity contribution < 1.29 is 14.3 Å². The van der Waals surface area contributed by atoms with E-state index < -0.39 is 0 Å². The second-order valence-electron chi connectivity index (χ2n) is 4.66. The maximum Gasteiger partial charge on any atom is 0.254 e. The van der Waals surface area contributed by atoms with Gasteiger partial charge in [-0.05, 0) is 37.6 Å². The summed E-state index contributed by atoms with van der Waals surface area (Å²) in [6.45, 7) is 4.14. The molecule has 0 atom stereocenters. The van der Waals surface area contributed by atoms with Crippen LogP contribution in [0.4, 0.5) is 0 Å². The van der Waals surface area contributed by atoms with Crippen LogP contribution in [0.1, 0.15) is 27.2 Å². The number of carbonyl (C=O) groups excluding carboxylic acids is 1. The molecule has 0 radical (unpaired) electrons. The number of nitrogens with zero attached hydrogens (tertiary/aromatic N) is 1. The van der Waals surface area contributed by atoms with Crippen molar-refractivity contribution in [3.05, 3.63) is 53.0 Å². The minimum atomic E-state index is -0.129. The molecule has 19 heavy (non-hydrogen) atoms.